The minimum atomic E-state index is 0.377. The number of aryl methyl sites for hydroxylation is 1. The molecule has 0 aromatic carbocycles. The highest BCUT2D eigenvalue weighted by atomic mass is 16.5. The van der Waals surface area contributed by atoms with Crippen LogP contribution in [0.25, 0.3) is 0 Å². The largest absolute Gasteiger partial charge is 0.378 e. The molecule has 0 bridgehead atoms. The summed E-state index contributed by atoms with van der Waals surface area (Å²) in [5.74, 6) is 1.14. The zero-order chi connectivity index (χ0) is 15.0. The maximum Gasteiger partial charge on any atom is 0.143 e. The zero-order valence-electron chi connectivity index (χ0n) is 13.6. The SMILES string of the molecule is CCO[C@@H]1C[C@@H](N[C@@H]2CCCn3ncnc32)C12CCCCC2. The Balaban J connectivity index is 1.49. The van der Waals surface area contributed by atoms with Crippen LogP contribution in [0.4, 0.5) is 0 Å². The van der Waals surface area contributed by atoms with Crippen LogP contribution in [0.15, 0.2) is 6.33 Å². The van der Waals surface area contributed by atoms with E-state index in [9.17, 15) is 0 Å². The predicted molar refractivity (Wildman–Crippen MR) is 84.5 cm³/mol. The van der Waals surface area contributed by atoms with Crippen molar-refractivity contribution in [1.82, 2.24) is 20.1 Å². The Bertz CT molecular complexity index is 509. The van der Waals surface area contributed by atoms with Crippen LogP contribution >= 0.6 is 0 Å². The van der Waals surface area contributed by atoms with Gasteiger partial charge in [-0.2, -0.15) is 5.10 Å². The Kier molecular flexibility index (Phi) is 3.95. The van der Waals surface area contributed by atoms with Crippen molar-refractivity contribution in [3.63, 3.8) is 0 Å². The zero-order valence-corrected chi connectivity index (χ0v) is 13.6. The summed E-state index contributed by atoms with van der Waals surface area (Å²) in [6, 6.07) is 0.972. The molecule has 3 atom stereocenters. The Hall–Kier alpha value is -0.940. The van der Waals surface area contributed by atoms with Gasteiger partial charge in [-0.3, -0.25) is 0 Å². The van der Waals surface area contributed by atoms with E-state index in [0.717, 1.165) is 19.0 Å². The highest BCUT2D eigenvalue weighted by Gasteiger charge is 2.56. The van der Waals surface area contributed by atoms with Gasteiger partial charge in [0.1, 0.15) is 12.2 Å². The fraction of sp³-hybridized carbons (Fsp3) is 0.882. The van der Waals surface area contributed by atoms with E-state index in [1.54, 1.807) is 6.33 Å². The van der Waals surface area contributed by atoms with E-state index in [-0.39, 0.29) is 0 Å². The molecule has 1 spiro atoms. The number of aromatic nitrogens is 3. The van der Waals surface area contributed by atoms with Crippen molar-refractivity contribution in [3.8, 4) is 0 Å². The van der Waals surface area contributed by atoms with Crippen LogP contribution in [0.1, 0.15) is 70.2 Å². The molecule has 4 rings (SSSR count). The molecule has 2 heterocycles. The minimum absolute atomic E-state index is 0.377. The van der Waals surface area contributed by atoms with Gasteiger partial charge < -0.3 is 10.1 Å². The third kappa shape index (κ3) is 2.29. The van der Waals surface area contributed by atoms with Crippen LogP contribution in [0.2, 0.25) is 0 Å². The molecule has 0 saturated heterocycles. The third-order valence-corrected chi connectivity index (χ3v) is 6.16. The summed E-state index contributed by atoms with van der Waals surface area (Å²) in [6.07, 6.45) is 12.5. The van der Waals surface area contributed by atoms with Gasteiger partial charge in [0.15, 0.2) is 0 Å². The molecule has 2 fully saturated rings. The molecule has 0 radical (unpaired) electrons. The first-order valence-corrected chi connectivity index (χ1v) is 9.09. The number of nitrogens with one attached hydrogen (secondary N) is 1. The standard InChI is InChI=1S/C17H28N4O/c1-2-22-15-11-14(17(15)8-4-3-5-9-17)20-13-7-6-10-21-16(13)18-12-19-21/h12-15,20H,2-11H2,1H3/t13-,14-,15-/m1/s1. The van der Waals surface area contributed by atoms with Crippen LogP contribution in [-0.4, -0.2) is 33.5 Å². The third-order valence-electron chi connectivity index (χ3n) is 6.16. The second-order valence-electron chi connectivity index (χ2n) is 7.23. The lowest BCUT2D eigenvalue weighted by Crippen LogP contribution is -2.65. The number of hydrogen-bond donors (Lipinski definition) is 1. The van der Waals surface area contributed by atoms with Gasteiger partial charge in [0.05, 0.1) is 12.1 Å². The van der Waals surface area contributed by atoms with Crippen LogP contribution in [0, 0.1) is 5.41 Å². The van der Waals surface area contributed by atoms with Gasteiger partial charge in [0, 0.05) is 24.6 Å². The molecule has 1 aromatic rings. The molecule has 2 aliphatic carbocycles. The van der Waals surface area contributed by atoms with Crippen LogP contribution in [0.5, 0.6) is 0 Å². The van der Waals surface area contributed by atoms with E-state index in [0.29, 0.717) is 23.6 Å². The van der Waals surface area contributed by atoms with Crippen LogP contribution in [-0.2, 0) is 11.3 Å². The van der Waals surface area contributed by atoms with Gasteiger partial charge in [-0.25, -0.2) is 9.67 Å². The topological polar surface area (TPSA) is 52.0 Å². The van der Waals surface area contributed by atoms with Crippen molar-refractivity contribution in [2.75, 3.05) is 6.61 Å². The summed E-state index contributed by atoms with van der Waals surface area (Å²) in [4.78, 5) is 4.50. The molecule has 1 aromatic heterocycles. The van der Waals surface area contributed by atoms with Gasteiger partial charge in [-0.15, -0.1) is 0 Å². The molecule has 1 N–H and O–H groups in total. The van der Waals surface area contributed by atoms with E-state index in [1.165, 1.54) is 51.4 Å². The summed E-state index contributed by atoms with van der Waals surface area (Å²) in [6.45, 7) is 3.99. The van der Waals surface area contributed by atoms with Crippen molar-refractivity contribution < 1.29 is 4.74 Å². The summed E-state index contributed by atoms with van der Waals surface area (Å²) in [5, 5.41) is 8.29. The minimum Gasteiger partial charge on any atom is -0.378 e. The molecule has 0 amide bonds. The Morgan fingerprint density at radius 3 is 3.00 bits per heavy atom. The summed E-state index contributed by atoms with van der Waals surface area (Å²) >= 11 is 0. The first kappa shape index (κ1) is 14.6. The van der Waals surface area contributed by atoms with Gasteiger partial charge >= 0.3 is 0 Å². The highest BCUT2D eigenvalue weighted by Crippen LogP contribution is 2.54. The Morgan fingerprint density at radius 1 is 1.32 bits per heavy atom. The van der Waals surface area contributed by atoms with E-state index in [1.807, 2.05) is 0 Å². The number of fused-ring (bicyclic) bond motifs is 1. The maximum absolute atomic E-state index is 6.07. The van der Waals surface area contributed by atoms with E-state index >= 15 is 0 Å². The van der Waals surface area contributed by atoms with Gasteiger partial charge in [-0.1, -0.05) is 19.3 Å². The average molecular weight is 304 g/mol. The second-order valence-corrected chi connectivity index (χ2v) is 7.23. The molecule has 3 aliphatic rings. The average Bonchev–Trinajstić information content (AvgIpc) is 3.04. The van der Waals surface area contributed by atoms with Gasteiger partial charge in [0.2, 0.25) is 0 Å². The molecule has 5 nitrogen and oxygen atoms in total. The number of rotatable bonds is 4. The van der Waals surface area contributed by atoms with Gasteiger partial charge in [0.25, 0.3) is 0 Å². The lowest BCUT2D eigenvalue weighted by atomic mass is 9.55. The van der Waals surface area contributed by atoms with Crippen molar-refractivity contribution in [3.05, 3.63) is 12.2 Å². The Morgan fingerprint density at radius 2 is 2.18 bits per heavy atom. The normalized spacial score (nSPS) is 33.4. The molecule has 22 heavy (non-hydrogen) atoms. The van der Waals surface area contributed by atoms with Gasteiger partial charge in [-0.05, 0) is 39.0 Å². The summed E-state index contributed by atoms with van der Waals surface area (Å²) in [7, 11) is 0. The fourth-order valence-corrected chi connectivity index (χ4v) is 4.99. The van der Waals surface area contributed by atoms with Crippen molar-refractivity contribution in [2.45, 2.75) is 83.0 Å². The molecule has 1 aliphatic heterocycles. The highest BCUT2D eigenvalue weighted by molar-refractivity contribution is 5.11. The number of nitrogens with zero attached hydrogens (tertiary/aromatic N) is 3. The molecule has 5 heteroatoms. The smallest absolute Gasteiger partial charge is 0.143 e. The molecule has 122 valence electrons. The van der Waals surface area contributed by atoms with Crippen LogP contribution < -0.4 is 5.32 Å². The summed E-state index contributed by atoms with van der Waals surface area (Å²) in [5.41, 5.74) is 0.385. The monoisotopic (exact) mass is 304 g/mol. The first-order valence-electron chi connectivity index (χ1n) is 9.09. The summed E-state index contributed by atoms with van der Waals surface area (Å²) < 4.78 is 8.15. The molecular weight excluding hydrogens is 276 g/mol. The lowest BCUT2D eigenvalue weighted by molar-refractivity contribution is -0.152. The number of ether oxygens (including phenoxy) is 1. The lowest BCUT2D eigenvalue weighted by Gasteiger charge is -2.58. The molecular formula is C17H28N4O. The molecule has 0 unspecified atom stereocenters. The Labute approximate surface area is 132 Å². The van der Waals surface area contributed by atoms with Crippen LogP contribution in [0.3, 0.4) is 0 Å². The quantitative estimate of drug-likeness (QED) is 0.929. The first-order chi connectivity index (χ1) is 10.8. The van der Waals surface area contributed by atoms with Crippen molar-refractivity contribution in [2.24, 2.45) is 5.41 Å². The second kappa shape index (κ2) is 5.93. The van der Waals surface area contributed by atoms with Crippen molar-refractivity contribution >= 4 is 0 Å². The fourth-order valence-electron chi connectivity index (χ4n) is 4.99. The van der Waals surface area contributed by atoms with Crippen molar-refractivity contribution in [1.29, 1.82) is 0 Å². The van der Waals surface area contributed by atoms with E-state index < -0.39 is 0 Å². The maximum atomic E-state index is 6.07. The number of hydrogen-bond acceptors (Lipinski definition) is 4. The van der Waals surface area contributed by atoms with E-state index in [4.69, 9.17) is 4.74 Å². The van der Waals surface area contributed by atoms with E-state index in [2.05, 4.69) is 27.0 Å². The predicted octanol–water partition coefficient (Wildman–Crippen LogP) is 2.83. The molecule has 2 saturated carbocycles.